The van der Waals surface area contributed by atoms with Crippen LogP contribution in [0.5, 0.6) is 5.75 Å². The fraction of sp³-hybridized carbons (Fsp3) is 0.348. The summed E-state index contributed by atoms with van der Waals surface area (Å²) in [6.45, 7) is 4.49. The van der Waals surface area contributed by atoms with Crippen LogP contribution in [0.3, 0.4) is 0 Å². The highest BCUT2D eigenvalue weighted by Crippen LogP contribution is 2.39. The molecule has 168 valence electrons. The standard InChI is InChI=1S/C23H22I2N2O4S/c1-3-30-20-16(24)10-13(11-17(20)25)9-14(12-26)21(28)27-22-19(23(29)31-4-2)15-7-5-6-8-18(15)32-22/h9-11H,3-8H2,1-2H3,(H,27,28)/b14-9+. The van der Waals surface area contributed by atoms with E-state index in [1.165, 1.54) is 11.3 Å². The number of halogens is 2. The van der Waals surface area contributed by atoms with Crippen LogP contribution in [0.15, 0.2) is 17.7 Å². The van der Waals surface area contributed by atoms with Gasteiger partial charge in [0, 0.05) is 4.88 Å². The first-order valence-electron chi connectivity index (χ1n) is 10.3. The minimum absolute atomic E-state index is 0.0399. The third-order valence-corrected chi connectivity index (χ3v) is 7.67. The van der Waals surface area contributed by atoms with Crippen molar-refractivity contribution >= 4 is 79.5 Å². The van der Waals surface area contributed by atoms with Crippen molar-refractivity contribution in [1.82, 2.24) is 0 Å². The SMILES string of the molecule is CCOC(=O)c1c(NC(=O)/C(C#N)=C/c2cc(I)c(OCC)c(I)c2)sc2c1CCCC2. The van der Waals surface area contributed by atoms with Crippen LogP contribution >= 0.6 is 56.5 Å². The Bertz CT molecular complexity index is 1090. The molecule has 32 heavy (non-hydrogen) atoms. The summed E-state index contributed by atoms with van der Waals surface area (Å²) in [4.78, 5) is 26.7. The van der Waals surface area contributed by atoms with Crippen LogP contribution in [-0.2, 0) is 22.4 Å². The molecule has 0 spiro atoms. The van der Waals surface area contributed by atoms with Gasteiger partial charge in [0.05, 0.1) is 25.9 Å². The third kappa shape index (κ3) is 5.63. The van der Waals surface area contributed by atoms with Gasteiger partial charge in [0.25, 0.3) is 5.91 Å². The first-order chi connectivity index (χ1) is 15.4. The quantitative estimate of drug-likeness (QED) is 0.170. The van der Waals surface area contributed by atoms with Crippen molar-refractivity contribution in [3.05, 3.63) is 46.4 Å². The number of nitrogens with one attached hydrogen (secondary N) is 1. The molecular weight excluding hydrogens is 654 g/mol. The zero-order chi connectivity index (χ0) is 23.3. The normalized spacial score (nSPS) is 13.2. The molecule has 0 aliphatic heterocycles. The molecule has 1 aromatic heterocycles. The highest BCUT2D eigenvalue weighted by Gasteiger charge is 2.27. The van der Waals surface area contributed by atoms with Crippen LogP contribution in [0, 0.1) is 18.5 Å². The Labute approximate surface area is 218 Å². The number of anilines is 1. The van der Waals surface area contributed by atoms with E-state index in [4.69, 9.17) is 9.47 Å². The Balaban J connectivity index is 1.91. The van der Waals surface area contributed by atoms with E-state index in [0.29, 0.717) is 17.2 Å². The Morgan fingerprint density at radius 3 is 2.50 bits per heavy atom. The minimum atomic E-state index is -0.546. The van der Waals surface area contributed by atoms with E-state index in [-0.39, 0.29) is 12.2 Å². The lowest BCUT2D eigenvalue weighted by atomic mass is 9.95. The highest BCUT2D eigenvalue weighted by molar-refractivity contribution is 14.1. The monoisotopic (exact) mass is 676 g/mol. The second-order valence-electron chi connectivity index (χ2n) is 7.01. The fourth-order valence-electron chi connectivity index (χ4n) is 3.50. The number of nitrogens with zero attached hydrogens (tertiary/aromatic N) is 1. The number of carbonyl (C=O) groups is 2. The number of esters is 1. The van der Waals surface area contributed by atoms with Gasteiger partial charge in [-0.1, -0.05) is 0 Å². The average Bonchev–Trinajstić information content (AvgIpc) is 3.12. The van der Waals surface area contributed by atoms with E-state index in [1.807, 2.05) is 25.1 Å². The Hall–Kier alpha value is -1.65. The Kier molecular flexibility index (Phi) is 8.95. The van der Waals surface area contributed by atoms with Crippen LogP contribution in [0.4, 0.5) is 5.00 Å². The number of thiophene rings is 1. The average molecular weight is 676 g/mol. The second kappa shape index (κ2) is 11.5. The number of nitriles is 1. The van der Waals surface area contributed by atoms with Gasteiger partial charge in [-0.05, 0) is 114 Å². The fourth-order valence-corrected chi connectivity index (χ4v) is 6.90. The maximum Gasteiger partial charge on any atom is 0.341 e. The van der Waals surface area contributed by atoms with Crippen molar-refractivity contribution in [2.45, 2.75) is 39.5 Å². The molecule has 0 unspecified atom stereocenters. The van der Waals surface area contributed by atoms with Crippen molar-refractivity contribution in [1.29, 1.82) is 5.26 Å². The largest absolute Gasteiger partial charge is 0.492 e. The molecule has 0 atom stereocenters. The molecule has 0 saturated heterocycles. The molecule has 6 nitrogen and oxygen atoms in total. The predicted molar refractivity (Wildman–Crippen MR) is 142 cm³/mol. The molecule has 0 radical (unpaired) electrons. The van der Waals surface area contributed by atoms with Gasteiger partial charge in [0.15, 0.2) is 0 Å². The number of fused-ring (bicyclic) bond motifs is 1. The van der Waals surface area contributed by atoms with Crippen LogP contribution < -0.4 is 10.1 Å². The first kappa shape index (κ1) is 25.0. The zero-order valence-electron chi connectivity index (χ0n) is 17.7. The van der Waals surface area contributed by atoms with Gasteiger partial charge in [-0.25, -0.2) is 4.79 Å². The lowest BCUT2D eigenvalue weighted by Crippen LogP contribution is -2.16. The highest BCUT2D eigenvalue weighted by atomic mass is 127. The van der Waals surface area contributed by atoms with Crippen molar-refractivity contribution < 1.29 is 19.1 Å². The number of hydrogen-bond acceptors (Lipinski definition) is 6. The molecule has 1 aliphatic carbocycles. The van der Waals surface area contributed by atoms with E-state index >= 15 is 0 Å². The lowest BCUT2D eigenvalue weighted by Gasteiger charge is -2.12. The molecule has 0 saturated carbocycles. The van der Waals surface area contributed by atoms with Crippen molar-refractivity contribution in [3.8, 4) is 11.8 Å². The van der Waals surface area contributed by atoms with Crippen molar-refractivity contribution in [2.24, 2.45) is 0 Å². The van der Waals surface area contributed by atoms with E-state index < -0.39 is 11.9 Å². The molecule has 0 fully saturated rings. The molecule has 1 aliphatic rings. The predicted octanol–water partition coefficient (Wildman–Crippen LogP) is 5.96. The van der Waals surface area contributed by atoms with Gasteiger partial charge in [0.2, 0.25) is 0 Å². The maximum atomic E-state index is 13.0. The van der Waals surface area contributed by atoms with Crippen molar-refractivity contribution in [3.63, 3.8) is 0 Å². The molecule has 0 bridgehead atoms. The Morgan fingerprint density at radius 2 is 1.88 bits per heavy atom. The van der Waals surface area contributed by atoms with Crippen LogP contribution in [0.2, 0.25) is 0 Å². The summed E-state index contributed by atoms with van der Waals surface area (Å²) in [5.74, 6) is -0.187. The summed E-state index contributed by atoms with van der Waals surface area (Å²) in [7, 11) is 0. The summed E-state index contributed by atoms with van der Waals surface area (Å²) in [5, 5.41) is 12.9. The van der Waals surface area contributed by atoms with E-state index in [1.54, 1.807) is 13.0 Å². The van der Waals surface area contributed by atoms with Crippen molar-refractivity contribution in [2.75, 3.05) is 18.5 Å². The third-order valence-electron chi connectivity index (χ3n) is 4.86. The summed E-state index contributed by atoms with van der Waals surface area (Å²) in [6, 6.07) is 5.72. The van der Waals surface area contributed by atoms with Crippen LogP contribution in [0.1, 0.15) is 53.1 Å². The van der Waals surface area contributed by atoms with Crippen LogP contribution in [0.25, 0.3) is 6.08 Å². The van der Waals surface area contributed by atoms with Gasteiger partial charge in [-0.3, -0.25) is 4.79 Å². The Morgan fingerprint density at radius 1 is 1.19 bits per heavy atom. The molecule has 3 rings (SSSR count). The number of carbonyl (C=O) groups excluding carboxylic acids is 2. The van der Waals surface area contributed by atoms with E-state index in [9.17, 15) is 14.9 Å². The smallest absolute Gasteiger partial charge is 0.341 e. The molecule has 1 heterocycles. The van der Waals surface area contributed by atoms with E-state index in [0.717, 1.165) is 54.6 Å². The molecule has 9 heteroatoms. The van der Waals surface area contributed by atoms with Gasteiger partial charge in [0.1, 0.15) is 22.4 Å². The molecule has 1 aromatic carbocycles. The summed E-state index contributed by atoms with van der Waals surface area (Å²) < 4.78 is 12.7. The number of benzene rings is 1. The number of rotatable bonds is 7. The number of hydrogen-bond donors (Lipinski definition) is 1. The van der Waals surface area contributed by atoms with Gasteiger partial charge >= 0.3 is 5.97 Å². The minimum Gasteiger partial charge on any atom is -0.492 e. The summed E-state index contributed by atoms with van der Waals surface area (Å²) in [5.41, 5.74) is 2.09. The summed E-state index contributed by atoms with van der Waals surface area (Å²) in [6.07, 6.45) is 5.28. The molecular formula is C23H22I2N2O4S. The van der Waals surface area contributed by atoms with Crippen LogP contribution in [-0.4, -0.2) is 25.1 Å². The maximum absolute atomic E-state index is 13.0. The first-order valence-corrected chi connectivity index (χ1v) is 13.2. The van der Waals surface area contributed by atoms with Gasteiger partial charge in [-0.15, -0.1) is 11.3 Å². The second-order valence-corrected chi connectivity index (χ2v) is 10.4. The zero-order valence-corrected chi connectivity index (χ0v) is 22.9. The van der Waals surface area contributed by atoms with Gasteiger partial charge < -0.3 is 14.8 Å². The van der Waals surface area contributed by atoms with E-state index in [2.05, 4.69) is 50.5 Å². The summed E-state index contributed by atoms with van der Waals surface area (Å²) >= 11 is 5.76. The lowest BCUT2D eigenvalue weighted by molar-refractivity contribution is -0.112. The number of amides is 1. The molecule has 1 amide bonds. The van der Waals surface area contributed by atoms with Gasteiger partial charge in [-0.2, -0.15) is 5.26 Å². The number of ether oxygens (including phenoxy) is 2. The molecule has 1 N–H and O–H groups in total. The topological polar surface area (TPSA) is 88.4 Å². The molecule has 2 aromatic rings. The number of aryl methyl sites for hydroxylation is 1.